The highest BCUT2D eigenvalue weighted by Crippen LogP contribution is 1.94. The molecule has 0 unspecified atom stereocenters. The lowest BCUT2D eigenvalue weighted by Crippen LogP contribution is -1.69. The molecule has 4 heteroatoms. The highest BCUT2D eigenvalue weighted by molar-refractivity contribution is 6.08. The van der Waals surface area contributed by atoms with Gasteiger partial charge >= 0.3 is 0 Å². The van der Waals surface area contributed by atoms with Crippen molar-refractivity contribution in [2.45, 2.75) is 32.5 Å². The Morgan fingerprint density at radius 3 is 1.56 bits per heavy atom. The molecule has 0 aliphatic heterocycles. The van der Waals surface area contributed by atoms with Crippen molar-refractivity contribution in [3.63, 3.8) is 0 Å². The molecule has 0 nitrogen and oxygen atoms in total. The minimum absolute atomic E-state index is 0. The molecule has 0 atom stereocenters. The third-order valence-corrected chi connectivity index (χ3v) is 0.808. The smallest absolute Gasteiger partial charge is 0.0653 e. The van der Waals surface area contributed by atoms with Gasteiger partial charge in [-0.05, 0) is 0 Å². The van der Waals surface area contributed by atoms with Gasteiger partial charge in [0.15, 0.2) is 0 Å². The van der Waals surface area contributed by atoms with Gasteiger partial charge in [0.1, 0.15) is 0 Å². The standard InChI is InChI=1S/C5H11B.3FH/c1-2-3-4-5-6;;;/h2-5H2,1H3;3*1H. The Hall–Kier alpha value is -0.145. The fraction of sp³-hybridized carbons (Fsp3) is 1.00. The van der Waals surface area contributed by atoms with Crippen LogP contribution in [0.4, 0.5) is 14.1 Å². The van der Waals surface area contributed by atoms with E-state index in [2.05, 4.69) is 6.92 Å². The van der Waals surface area contributed by atoms with E-state index >= 15 is 0 Å². The molecule has 0 aromatic heterocycles. The molecular weight excluding hydrogens is 128 g/mol. The molecule has 0 saturated heterocycles. The van der Waals surface area contributed by atoms with Crippen molar-refractivity contribution in [1.82, 2.24) is 0 Å². The first-order valence-corrected chi connectivity index (χ1v) is 2.62. The summed E-state index contributed by atoms with van der Waals surface area (Å²) in [6.45, 7) is 2.18. The monoisotopic (exact) mass is 142 g/mol. The van der Waals surface area contributed by atoms with Gasteiger partial charge in [-0.1, -0.05) is 32.5 Å². The van der Waals surface area contributed by atoms with E-state index in [9.17, 15) is 0 Å². The second-order valence-corrected chi connectivity index (χ2v) is 1.50. The molecule has 0 aromatic rings. The number of unbranched alkanes of at least 4 members (excludes halogenated alkanes) is 2. The van der Waals surface area contributed by atoms with Crippen LogP contribution in [0.1, 0.15) is 26.2 Å². The lowest BCUT2D eigenvalue weighted by atomic mass is 10.00. The Morgan fingerprint density at radius 2 is 1.44 bits per heavy atom. The predicted octanol–water partition coefficient (Wildman–Crippen LogP) is 2.22. The van der Waals surface area contributed by atoms with Crippen LogP contribution < -0.4 is 0 Å². The van der Waals surface area contributed by atoms with Crippen LogP contribution in [0, 0.1) is 0 Å². The van der Waals surface area contributed by atoms with Gasteiger partial charge in [0, 0.05) is 0 Å². The van der Waals surface area contributed by atoms with Gasteiger partial charge in [0.05, 0.1) is 7.85 Å². The number of rotatable bonds is 3. The summed E-state index contributed by atoms with van der Waals surface area (Å²) in [5.41, 5.74) is 0. The van der Waals surface area contributed by atoms with E-state index in [0.29, 0.717) is 0 Å². The molecule has 2 radical (unpaired) electrons. The molecule has 58 valence electrons. The summed E-state index contributed by atoms with van der Waals surface area (Å²) in [6.07, 6.45) is 4.61. The highest BCUT2D eigenvalue weighted by Gasteiger charge is 1.75. The van der Waals surface area contributed by atoms with Crippen LogP contribution in [0.3, 0.4) is 0 Å². The van der Waals surface area contributed by atoms with E-state index in [1.54, 1.807) is 0 Å². The Balaban J connectivity index is -0.0000000417. The molecule has 0 N–H and O–H groups in total. The number of halogens is 3. The minimum atomic E-state index is 0. The van der Waals surface area contributed by atoms with Gasteiger partial charge in [0.25, 0.3) is 0 Å². The summed E-state index contributed by atoms with van der Waals surface area (Å²) in [4.78, 5) is 0. The van der Waals surface area contributed by atoms with Crippen LogP contribution in [0.5, 0.6) is 0 Å². The van der Waals surface area contributed by atoms with E-state index < -0.39 is 0 Å². The maximum absolute atomic E-state index is 5.21. The van der Waals surface area contributed by atoms with Crippen molar-refractivity contribution in [1.29, 1.82) is 0 Å². The molecule has 9 heavy (non-hydrogen) atoms. The quantitative estimate of drug-likeness (QED) is 0.418. The van der Waals surface area contributed by atoms with Crippen LogP contribution in [0.25, 0.3) is 0 Å². The molecule has 0 spiro atoms. The summed E-state index contributed by atoms with van der Waals surface area (Å²) in [5, 5.41) is 0. The van der Waals surface area contributed by atoms with Gasteiger partial charge in [-0.25, -0.2) is 0 Å². The first-order chi connectivity index (χ1) is 2.91. The van der Waals surface area contributed by atoms with Crippen LogP contribution in [-0.2, 0) is 0 Å². The topological polar surface area (TPSA) is 0 Å². The Morgan fingerprint density at radius 1 is 1.00 bits per heavy atom. The van der Waals surface area contributed by atoms with Crippen molar-refractivity contribution in [3.05, 3.63) is 0 Å². The molecule has 0 aliphatic rings. The Bertz CT molecular complexity index is 24.2. The first-order valence-electron chi connectivity index (χ1n) is 2.62. The van der Waals surface area contributed by atoms with Gasteiger partial charge in [-0.3, -0.25) is 14.1 Å². The third kappa shape index (κ3) is 33.0. The molecule has 0 bridgehead atoms. The van der Waals surface area contributed by atoms with Crippen molar-refractivity contribution in [2.24, 2.45) is 0 Å². The normalized spacial score (nSPS) is 5.89. The van der Waals surface area contributed by atoms with E-state index in [-0.39, 0.29) is 14.1 Å². The maximum atomic E-state index is 5.21. The summed E-state index contributed by atoms with van der Waals surface area (Å²) in [5.74, 6) is 0. The molecule has 0 rings (SSSR count). The predicted molar refractivity (Wildman–Crippen MR) is 37.6 cm³/mol. The van der Waals surface area contributed by atoms with Gasteiger partial charge < -0.3 is 0 Å². The lowest BCUT2D eigenvalue weighted by Gasteiger charge is -1.86. The Labute approximate surface area is 55.5 Å². The van der Waals surface area contributed by atoms with E-state index in [4.69, 9.17) is 7.85 Å². The van der Waals surface area contributed by atoms with Gasteiger partial charge in [-0.2, -0.15) is 0 Å². The summed E-state index contributed by atoms with van der Waals surface area (Å²) in [6, 6.07) is 0. The fourth-order valence-corrected chi connectivity index (χ4v) is 0.394. The van der Waals surface area contributed by atoms with Crippen molar-refractivity contribution in [2.75, 3.05) is 0 Å². The fourth-order valence-electron chi connectivity index (χ4n) is 0.394. The van der Waals surface area contributed by atoms with Crippen LogP contribution in [0.15, 0.2) is 0 Å². The number of hydrogen-bond donors (Lipinski definition) is 0. The summed E-state index contributed by atoms with van der Waals surface area (Å²) >= 11 is 0. The molecule has 0 heterocycles. The van der Waals surface area contributed by atoms with E-state index in [1.165, 1.54) is 19.3 Å². The van der Waals surface area contributed by atoms with Gasteiger partial charge in [-0.15, -0.1) is 0 Å². The zero-order valence-electron chi connectivity index (χ0n) is 5.63. The number of hydrogen-bond acceptors (Lipinski definition) is 0. The summed E-state index contributed by atoms with van der Waals surface area (Å²) < 4.78 is 0. The van der Waals surface area contributed by atoms with E-state index in [1.807, 2.05) is 0 Å². The summed E-state index contributed by atoms with van der Waals surface area (Å²) in [7, 11) is 5.21. The zero-order valence-corrected chi connectivity index (χ0v) is 5.63. The SMILES string of the molecule is F.F.F.[B]CCCCC. The molecule has 0 aliphatic carbocycles. The zero-order chi connectivity index (χ0) is 4.83. The van der Waals surface area contributed by atoms with Crippen LogP contribution >= 0.6 is 0 Å². The largest absolute Gasteiger partial charge is 0.269 e. The molecule has 0 fully saturated rings. The van der Waals surface area contributed by atoms with Crippen molar-refractivity contribution < 1.29 is 14.1 Å². The maximum Gasteiger partial charge on any atom is 0.0653 e. The van der Waals surface area contributed by atoms with E-state index in [0.717, 1.165) is 6.32 Å². The van der Waals surface area contributed by atoms with Crippen molar-refractivity contribution in [3.8, 4) is 0 Å². The average Bonchev–Trinajstić information content (AvgIpc) is 1.61. The lowest BCUT2D eigenvalue weighted by molar-refractivity contribution is 0.771. The highest BCUT2D eigenvalue weighted by atomic mass is 19.0. The third-order valence-electron chi connectivity index (χ3n) is 0.808. The van der Waals surface area contributed by atoms with Gasteiger partial charge in [0.2, 0.25) is 0 Å². The van der Waals surface area contributed by atoms with Crippen molar-refractivity contribution >= 4 is 7.85 Å². The molecule has 0 aromatic carbocycles. The van der Waals surface area contributed by atoms with Crippen LogP contribution in [-0.4, -0.2) is 7.85 Å². The second kappa shape index (κ2) is 24.8. The molecule has 0 saturated carbocycles. The first kappa shape index (κ1) is 23.2. The van der Waals surface area contributed by atoms with Crippen LogP contribution in [0.2, 0.25) is 6.32 Å². The minimum Gasteiger partial charge on any atom is -0.269 e. The average molecular weight is 142 g/mol. The molecule has 0 amide bonds. The second-order valence-electron chi connectivity index (χ2n) is 1.50. The Kier molecular flexibility index (Phi) is 64.0. The molecular formula is C5H14BF3.